The molecule has 158 valence electrons. The predicted molar refractivity (Wildman–Crippen MR) is 126 cm³/mol. The number of benzene rings is 2. The zero-order chi connectivity index (χ0) is 22.2. The van der Waals surface area contributed by atoms with Crippen molar-refractivity contribution in [3.8, 4) is 11.1 Å². The van der Waals surface area contributed by atoms with Gasteiger partial charge in [-0.25, -0.2) is 4.98 Å². The molecule has 0 saturated heterocycles. The molecule has 0 fully saturated rings. The van der Waals surface area contributed by atoms with Crippen molar-refractivity contribution in [2.75, 3.05) is 5.32 Å². The molecule has 1 amide bonds. The number of carbonyl (C=O) groups excluding carboxylic acids is 2. The lowest BCUT2D eigenvalue weighted by atomic mass is 10.0. The van der Waals surface area contributed by atoms with E-state index in [4.69, 9.17) is 12.2 Å². The highest BCUT2D eigenvalue weighted by atomic mass is 32.1. The van der Waals surface area contributed by atoms with Gasteiger partial charge in [0.15, 0.2) is 15.7 Å². The molecule has 32 heavy (non-hydrogen) atoms. The van der Waals surface area contributed by atoms with E-state index in [1.165, 1.54) is 11.3 Å². The van der Waals surface area contributed by atoms with E-state index in [9.17, 15) is 9.59 Å². The number of thiazole rings is 1. The van der Waals surface area contributed by atoms with Crippen LogP contribution in [0.15, 0.2) is 60.5 Å². The van der Waals surface area contributed by atoms with E-state index in [0.29, 0.717) is 39.6 Å². The van der Waals surface area contributed by atoms with Crippen molar-refractivity contribution in [3.63, 3.8) is 0 Å². The van der Waals surface area contributed by atoms with Crippen LogP contribution in [0, 0.1) is 4.77 Å². The Bertz CT molecular complexity index is 1450. The standard InChI is InChI=1S/C23H17N5O2S2/c1-2-9-28-19(26-27-23(28)31)11-14-12-32-22(24-14)25-21(30)13-7-8-16-15-5-3-4-6-17(15)20(29)18(16)10-13/h2-8,10,12H,1,9,11H2,(H,27,31)(H,24,25,30). The molecular formula is C23H17N5O2S2. The van der Waals surface area contributed by atoms with Gasteiger partial charge in [-0.05, 0) is 35.5 Å². The van der Waals surface area contributed by atoms with Crippen molar-refractivity contribution in [3.05, 3.63) is 93.5 Å². The summed E-state index contributed by atoms with van der Waals surface area (Å²) in [7, 11) is 0. The number of H-pyrrole nitrogens is 1. The first kappa shape index (κ1) is 20.2. The van der Waals surface area contributed by atoms with Gasteiger partial charge in [-0.2, -0.15) is 5.10 Å². The second-order valence-electron chi connectivity index (χ2n) is 7.25. The highest BCUT2D eigenvalue weighted by molar-refractivity contribution is 7.71. The van der Waals surface area contributed by atoms with E-state index in [1.54, 1.807) is 18.2 Å². The third-order valence-electron chi connectivity index (χ3n) is 5.25. The zero-order valence-electron chi connectivity index (χ0n) is 16.8. The van der Waals surface area contributed by atoms with Crippen LogP contribution in [0.2, 0.25) is 0 Å². The fourth-order valence-electron chi connectivity index (χ4n) is 3.75. The largest absolute Gasteiger partial charge is 0.300 e. The average Bonchev–Trinajstić information content (AvgIpc) is 3.47. The van der Waals surface area contributed by atoms with Gasteiger partial charge in [0, 0.05) is 28.6 Å². The SMILES string of the molecule is C=CCn1c(Cc2csc(NC(=O)c3ccc4c(c3)C(=O)c3ccccc3-4)n2)n[nH]c1=S. The van der Waals surface area contributed by atoms with Crippen LogP contribution in [0.3, 0.4) is 0 Å². The summed E-state index contributed by atoms with van der Waals surface area (Å²) in [5.74, 6) is 0.372. The third kappa shape index (κ3) is 3.51. The quantitative estimate of drug-likeness (QED) is 0.285. The van der Waals surface area contributed by atoms with Crippen LogP contribution < -0.4 is 5.32 Å². The van der Waals surface area contributed by atoms with Gasteiger partial charge in [-0.3, -0.25) is 24.6 Å². The Hall–Kier alpha value is -3.69. The lowest BCUT2D eigenvalue weighted by Crippen LogP contribution is -2.12. The maximum absolute atomic E-state index is 12.8. The second kappa shape index (κ2) is 8.10. The number of ketones is 1. The van der Waals surface area contributed by atoms with Crippen LogP contribution >= 0.6 is 23.6 Å². The Morgan fingerprint density at radius 3 is 2.78 bits per heavy atom. The number of aromatic nitrogens is 4. The van der Waals surface area contributed by atoms with Crippen molar-refractivity contribution >= 4 is 40.4 Å². The number of aromatic amines is 1. The lowest BCUT2D eigenvalue weighted by Gasteiger charge is -2.05. The van der Waals surface area contributed by atoms with Gasteiger partial charge in [0.1, 0.15) is 5.82 Å². The van der Waals surface area contributed by atoms with Crippen LogP contribution in [-0.4, -0.2) is 31.4 Å². The molecular weight excluding hydrogens is 442 g/mol. The zero-order valence-corrected chi connectivity index (χ0v) is 18.4. The highest BCUT2D eigenvalue weighted by Gasteiger charge is 2.27. The van der Waals surface area contributed by atoms with Gasteiger partial charge in [0.25, 0.3) is 5.91 Å². The summed E-state index contributed by atoms with van der Waals surface area (Å²) in [4.78, 5) is 30.0. The monoisotopic (exact) mass is 459 g/mol. The molecule has 1 aliphatic carbocycles. The number of anilines is 1. The number of amides is 1. The van der Waals surface area contributed by atoms with Gasteiger partial charge >= 0.3 is 0 Å². The first-order valence-corrected chi connectivity index (χ1v) is 11.1. The molecule has 0 aliphatic heterocycles. The Labute approximate surface area is 192 Å². The molecule has 0 radical (unpaired) electrons. The van der Waals surface area contributed by atoms with Crippen LogP contribution in [0.5, 0.6) is 0 Å². The van der Waals surface area contributed by atoms with E-state index in [1.807, 2.05) is 40.3 Å². The van der Waals surface area contributed by atoms with Crippen LogP contribution in [0.1, 0.15) is 37.8 Å². The molecule has 2 aromatic heterocycles. The molecule has 7 nitrogen and oxygen atoms in total. The van der Waals surface area contributed by atoms with E-state index >= 15 is 0 Å². The van der Waals surface area contributed by atoms with Crippen molar-refractivity contribution in [1.29, 1.82) is 0 Å². The molecule has 4 aromatic rings. The highest BCUT2D eigenvalue weighted by Crippen LogP contribution is 2.36. The normalized spacial score (nSPS) is 11.8. The summed E-state index contributed by atoms with van der Waals surface area (Å²) in [5.41, 5.74) is 4.14. The molecule has 0 atom stereocenters. The van der Waals surface area contributed by atoms with Gasteiger partial charge in [0.2, 0.25) is 0 Å². The number of hydrogen-bond acceptors (Lipinski definition) is 6. The molecule has 2 N–H and O–H groups in total. The molecule has 2 heterocycles. The van der Waals surface area contributed by atoms with Gasteiger partial charge in [-0.15, -0.1) is 17.9 Å². The number of allylic oxidation sites excluding steroid dienone is 1. The van der Waals surface area contributed by atoms with E-state index in [0.717, 1.165) is 22.6 Å². The summed E-state index contributed by atoms with van der Waals surface area (Å²) in [5, 5.41) is 12.2. The molecule has 2 aromatic carbocycles. The molecule has 9 heteroatoms. The average molecular weight is 460 g/mol. The lowest BCUT2D eigenvalue weighted by molar-refractivity contribution is 0.102. The molecule has 0 bridgehead atoms. The summed E-state index contributed by atoms with van der Waals surface area (Å²) >= 11 is 6.56. The second-order valence-corrected chi connectivity index (χ2v) is 8.50. The Morgan fingerprint density at radius 1 is 1.19 bits per heavy atom. The minimum Gasteiger partial charge on any atom is -0.300 e. The van der Waals surface area contributed by atoms with Crippen molar-refractivity contribution in [2.24, 2.45) is 0 Å². The van der Waals surface area contributed by atoms with Gasteiger partial charge < -0.3 is 0 Å². The number of hydrogen-bond donors (Lipinski definition) is 2. The minimum absolute atomic E-state index is 0.0604. The molecule has 5 rings (SSSR count). The Balaban J connectivity index is 1.33. The van der Waals surface area contributed by atoms with Crippen molar-refractivity contribution in [2.45, 2.75) is 13.0 Å². The van der Waals surface area contributed by atoms with E-state index < -0.39 is 0 Å². The first-order valence-electron chi connectivity index (χ1n) is 9.84. The molecule has 0 spiro atoms. The summed E-state index contributed by atoms with van der Waals surface area (Å²) < 4.78 is 2.37. The molecule has 0 unspecified atom stereocenters. The number of nitrogens with one attached hydrogen (secondary N) is 2. The first-order chi connectivity index (χ1) is 15.5. The Morgan fingerprint density at radius 2 is 1.97 bits per heavy atom. The summed E-state index contributed by atoms with van der Waals surface area (Å²) in [6.07, 6.45) is 2.22. The van der Waals surface area contributed by atoms with Crippen LogP contribution in [-0.2, 0) is 13.0 Å². The minimum atomic E-state index is -0.313. The van der Waals surface area contributed by atoms with Gasteiger partial charge in [-0.1, -0.05) is 36.4 Å². The van der Waals surface area contributed by atoms with E-state index in [2.05, 4.69) is 27.1 Å². The fourth-order valence-corrected chi connectivity index (χ4v) is 4.68. The van der Waals surface area contributed by atoms with E-state index in [-0.39, 0.29) is 11.7 Å². The maximum Gasteiger partial charge on any atom is 0.257 e. The van der Waals surface area contributed by atoms with Crippen LogP contribution in [0.4, 0.5) is 5.13 Å². The predicted octanol–water partition coefficient (Wildman–Crippen LogP) is 4.64. The number of nitrogens with zero attached hydrogens (tertiary/aromatic N) is 3. The Kier molecular flexibility index (Phi) is 5.12. The van der Waals surface area contributed by atoms with Crippen molar-refractivity contribution < 1.29 is 9.59 Å². The van der Waals surface area contributed by atoms with Crippen molar-refractivity contribution in [1.82, 2.24) is 19.7 Å². The van der Waals surface area contributed by atoms with Gasteiger partial charge in [0.05, 0.1) is 12.1 Å². The van der Waals surface area contributed by atoms with Crippen LogP contribution in [0.25, 0.3) is 11.1 Å². The number of fused-ring (bicyclic) bond motifs is 3. The summed E-state index contributed by atoms with van der Waals surface area (Å²) in [6.45, 7) is 4.29. The fraction of sp³-hybridized carbons (Fsp3) is 0.0870. The number of carbonyl (C=O) groups is 2. The molecule has 1 aliphatic rings. The summed E-state index contributed by atoms with van der Waals surface area (Å²) in [6, 6.07) is 12.7. The smallest absolute Gasteiger partial charge is 0.257 e. The molecule has 0 saturated carbocycles. The number of rotatable bonds is 6. The third-order valence-corrected chi connectivity index (χ3v) is 6.37. The topological polar surface area (TPSA) is 92.7 Å². The maximum atomic E-state index is 12.8.